The van der Waals surface area contributed by atoms with E-state index in [0.29, 0.717) is 5.69 Å². The summed E-state index contributed by atoms with van der Waals surface area (Å²) in [5, 5.41) is 0. The Labute approximate surface area is 142 Å². The lowest BCUT2D eigenvalue weighted by atomic mass is 9.91. The van der Waals surface area contributed by atoms with Crippen molar-refractivity contribution >= 4 is 38.5 Å². The molecule has 0 aliphatic rings. The van der Waals surface area contributed by atoms with Gasteiger partial charge in [-0.05, 0) is 24.6 Å². The number of aromatic nitrogens is 2. The maximum absolute atomic E-state index is 11.7. The van der Waals surface area contributed by atoms with Crippen LogP contribution in [0.25, 0.3) is 16.2 Å². The molecule has 5 heteroatoms. The second kappa shape index (κ2) is 5.32. The topological polar surface area (TPSA) is 34.4 Å². The first-order valence-corrected chi connectivity index (χ1v) is 8.67. The second-order valence-corrected chi connectivity index (χ2v) is 8.44. The zero-order valence-electron chi connectivity index (χ0n) is 13.0. The molecule has 0 N–H and O–H groups in total. The van der Waals surface area contributed by atoms with Crippen molar-refractivity contribution < 1.29 is 4.79 Å². The van der Waals surface area contributed by atoms with E-state index in [0.717, 1.165) is 37.5 Å². The number of carbonyl (C=O) groups excluding carboxylic acids is 1. The molecular weight excluding hydrogens is 360 g/mol. The van der Waals surface area contributed by atoms with E-state index in [1.54, 1.807) is 11.3 Å². The normalized spacial score (nSPS) is 12.0. The fourth-order valence-corrected chi connectivity index (χ4v) is 3.90. The van der Waals surface area contributed by atoms with Crippen LogP contribution < -0.4 is 0 Å². The third-order valence-electron chi connectivity index (χ3n) is 3.62. The monoisotopic (exact) mass is 376 g/mol. The lowest BCUT2D eigenvalue weighted by Crippen LogP contribution is -2.15. The van der Waals surface area contributed by atoms with Gasteiger partial charge in [-0.3, -0.25) is 9.20 Å². The van der Waals surface area contributed by atoms with Crippen LogP contribution in [0.4, 0.5) is 0 Å². The Morgan fingerprint density at radius 1 is 1.23 bits per heavy atom. The average molecular weight is 377 g/mol. The third kappa shape index (κ3) is 2.42. The maximum atomic E-state index is 11.7. The van der Waals surface area contributed by atoms with Gasteiger partial charge in [-0.15, -0.1) is 11.3 Å². The van der Waals surface area contributed by atoms with E-state index in [4.69, 9.17) is 4.98 Å². The number of benzene rings is 1. The van der Waals surface area contributed by atoms with Crippen molar-refractivity contribution in [1.29, 1.82) is 0 Å². The number of carbonyl (C=O) groups is 1. The maximum Gasteiger partial charge on any atom is 0.195 e. The summed E-state index contributed by atoms with van der Waals surface area (Å²) >= 11 is 5.09. The van der Waals surface area contributed by atoms with Crippen LogP contribution in [0.15, 0.2) is 28.7 Å². The standard InChI is InChI=1S/C17H17BrN2OS/c1-10-14(11-5-7-12(18)8-6-11)20-13(9-21)15(17(2,3)4)19-16(20)22-10/h5-9H,1-4H3. The number of hydrogen-bond acceptors (Lipinski definition) is 3. The number of aldehydes is 1. The summed E-state index contributed by atoms with van der Waals surface area (Å²) in [6, 6.07) is 8.15. The van der Waals surface area contributed by atoms with E-state index in [2.05, 4.69) is 55.8 Å². The van der Waals surface area contributed by atoms with Crippen molar-refractivity contribution in [3.63, 3.8) is 0 Å². The molecular formula is C17H17BrN2OS. The second-order valence-electron chi connectivity index (χ2n) is 6.35. The molecule has 3 aromatic rings. The van der Waals surface area contributed by atoms with E-state index < -0.39 is 0 Å². The molecule has 0 unspecified atom stereocenters. The highest BCUT2D eigenvalue weighted by Gasteiger charge is 2.26. The van der Waals surface area contributed by atoms with Crippen LogP contribution in [-0.2, 0) is 5.41 Å². The summed E-state index contributed by atoms with van der Waals surface area (Å²) in [4.78, 5) is 18.5. The summed E-state index contributed by atoms with van der Waals surface area (Å²) in [6.45, 7) is 8.32. The molecule has 0 atom stereocenters. The van der Waals surface area contributed by atoms with Gasteiger partial charge in [0.15, 0.2) is 11.2 Å². The van der Waals surface area contributed by atoms with E-state index in [-0.39, 0.29) is 5.41 Å². The largest absolute Gasteiger partial charge is 0.296 e. The predicted octanol–water partition coefficient (Wildman–Crippen LogP) is 5.24. The molecule has 0 spiro atoms. The Hall–Kier alpha value is -1.46. The smallest absolute Gasteiger partial charge is 0.195 e. The number of halogens is 1. The van der Waals surface area contributed by atoms with Crippen LogP contribution in [0.5, 0.6) is 0 Å². The Kier molecular flexibility index (Phi) is 3.73. The minimum atomic E-state index is -0.160. The molecule has 0 fully saturated rings. The molecule has 3 rings (SSSR count). The van der Waals surface area contributed by atoms with E-state index >= 15 is 0 Å². The predicted molar refractivity (Wildman–Crippen MR) is 95.0 cm³/mol. The van der Waals surface area contributed by atoms with Crippen LogP contribution >= 0.6 is 27.3 Å². The van der Waals surface area contributed by atoms with Crippen LogP contribution in [0, 0.1) is 6.92 Å². The Bertz CT molecular complexity index is 854. The summed E-state index contributed by atoms with van der Waals surface area (Å²) in [7, 11) is 0. The Balaban J connectivity index is 2.35. The highest BCUT2D eigenvalue weighted by molar-refractivity contribution is 9.10. The van der Waals surface area contributed by atoms with Gasteiger partial charge in [0.05, 0.1) is 11.4 Å². The van der Waals surface area contributed by atoms with Crippen molar-refractivity contribution in [3.8, 4) is 11.3 Å². The lowest BCUT2D eigenvalue weighted by molar-refractivity contribution is 0.111. The van der Waals surface area contributed by atoms with Crippen molar-refractivity contribution in [2.75, 3.05) is 0 Å². The van der Waals surface area contributed by atoms with Gasteiger partial charge in [0.25, 0.3) is 0 Å². The first kappa shape index (κ1) is 15.4. The molecule has 1 aromatic carbocycles. The summed E-state index contributed by atoms with van der Waals surface area (Å²) in [5.41, 5.74) is 3.50. The fraction of sp³-hybridized carbons (Fsp3) is 0.294. The molecule has 0 aliphatic heterocycles. The van der Waals surface area contributed by atoms with Crippen molar-refractivity contribution in [2.24, 2.45) is 0 Å². The van der Waals surface area contributed by atoms with Gasteiger partial charge in [-0.1, -0.05) is 48.8 Å². The van der Waals surface area contributed by atoms with Gasteiger partial charge in [0.1, 0.15) is 5.69 Å². The molecule has 2 aromatic heterocycles. The fourth-order valence-electron chi connectivity index (χ4n) is 2.64. The minimum Gasteiger partial charge on any atom is -0.296 e. The number of aryl methyl sites for hydroxylation is 1. The first-order chi connectivity index (χ1) is 10.3. The summed E-state index contributed by atoms with van der Waals surface area (Å²) in [5.74, 6) is 0. The van der Waals surface area contributed by atoms with Gasteiger partial charge in [0, 0.05) is 14.8 Å². The average Bonchev–Trinajstić information content (AvgIpc) is 2.94. The van der Waals surface area contributed by atoms with Gasteiger partial charge in [0.2, 0.25) is 0 Å². The van der Waals surface area contributed by atoms with Crippen LogP contribution in [0.3, 0.4) is 0 Å². The minimum absolute atomic E-state index is 0.160. The molecule has 0 aliphatic carbocycles. The number of hydrogen-bond donors (Lipinski definition) is 0. The van der Waals surface area contributed by atoms with Gasteiger partial charge >= 0.3 is 0 Å². The van der Waals surface area contributed by atoms with Gasteiger partial charge in [-0.2, -0.15) is 0 Å². The lowest BCUT2D eigenvalue weighted by Gasteiger charge is -2.16. The molecule has 0 saturated carbocycles. The highest BCUT2D eigenvalue weighted by Crippen LogP contribution is 2.36. The number of thiazole rings is 1. The highest BCUT2D eigenvalue weighted by atomic mass is 79.9. The van der Waals surface area contributed by atoms with Crippen molar-refractivity contribution in [2.45, 2.75) is 33.1 Å². The molecule has 0 amide bonds. The molecule has 0 bridgehead atoms. The van der Waals surface area contributed by atoms with Gasteiger partial charge in [-0.25, -0.2) is 4.98 Å². The first-order valence-electron chi connectivity index (χ1n) is 7.06. The zero-order valence-corrected chi connectivity index (χ0v) is 15.4. The number of rotatable bonds is 2. The molecule has 0 saturated heterocycles. The van der Waals surface area contributed by atoms with Crippen LogP contribution in [-0.4, -0.2) is 15.7 Å². The van der Waals surface area contributed by atoms with Crippen LogP contribution in [0.2, 0.25) is 0 Å². The van der Waals surface area contributed by atoms with Crippen molar-refractivity contribution in [3.05, 3.63) is 45.0 Å². The van der Waals surface area contributed by atoms with Crippen molar-refractivity contribution in [1.82, 2.24) is 9.38 Å². The number of fused-ring (bicyclic) bond motifs is 1. The Morgan fingerprint density at radius 2 is 1.86 bits per heavy atom. The molecule has 3 nitrogen and oxygen atoms in total. The number of imidazole rings is 1. The molecule has 114 valence electrons. The van der Waals surface area contributed by atoms with E-state index in [9.17, 15) is 4.79 Å². The molecule has 2 heterocycles. The summed E-state index contributed by atoms with van der Waals surface area (Å²) in [6.07, 6.45) is 0.926. The van der Waals surface area contributed by atoms with E-state index in [1.165, 1.54) is 0 Å². The third-order valence-corrected chi connectivity index (χ3v) is 5.11. The number of nitrogens with zero attached hydrogens (tertiary/aromatic N) is 2. The van der Waals surface area contributed by atoms with Crippen LogP contribution in [0.1, 0.15) is 41.8 Å². The Morgan fingerprint density at radius 3 is 2.41 bits per heavy atom. The quantitative estimate of drug-likeness (QED) is 0.572. The van der Waals surface area contributed by atoms with Gasteiger partial charge < -0.3 is 0 Å². The summed E-state index contributed by atoms with van der Waals surface area (Å²) < 4.78 is 3.04. The molecule has 22 heavy (non-hydrogen) atoms. The molecule has 0 radical (unpaired) electrons. The zero-order chi connectivity index (χ0) is 16.1. The van der Waals surface area contributed by atoms with E-state index in [1.807, 2.05) is 16.5 Å². The SMILES string of the molecule is Cc1sc2nc(C(C)(C)C)c(C=O)n2c1-c1ccc(Br)cc1.